The molecule has 1 N–H and O–H groups in total. The smallest absolute Gasteiger partial charge is 0.372 e. The highest BCUT2D eigenvalue weighted by Gasteiger charge is 2.34. The summed E-state index contributed by atoms with van der Waals surface area (Å²) in [6, 6.07) is 7.24. The van der Waals surface area contributed by atoms with Gasteiger partial charge in [0.1, 0.15) is 17.7 Å². The highest BCUT2D eigenvalue weighted by Crippen LogP contribution is 2.37. The zero-order valence-corrected chi connectivity index (χ0v) is 12.3. The van der Waals surface area contributed by atoms with E-state index in [-0.39, 0.29) is 11.3 Å². The van der Waals surface area contributed by atoms with Crippen LogP contribution in [-0.4, -0.2) is 13.1 Å². The highest BCUT2D eigenvalue weighted by molar-refractivity contribution is 5.63. The van der Waals surface area contributed by atoms with Gasteiger partial charge in [0, 0.05) is 25.0 Å². The number of allylic oxidation sites excluding steroid dienone is 1. The van der Waals surface area contributed by atoms with Crippen molar-refractivity contribution in [3.63, 3.8) is 0 Å². The Morgan fingerprint density at radius 1 is 1.13 bits per heavy atom. The molecule has 0 bridgehead atoms. The van der Waals surface area contributed by atoms with Gasteiger partial charge in [-0.15, -0.1) is 0 Å². The van der Waals surface area contributed by atoms with E-state index in [1.165, 1.54) is 6.07 Å². The molecule has 23 heavy (non-hydrogen) atoms. The first kappa shape index (κ1) is 16.7. The second-order valence-electron chi connectivity index (χ2n) is 5.20. The molecule has 0 amide bonds. The number of piperidine rings is 1. The van der Waals surface area contributed by atoms with Gasteiger partial charge in [0.25, 0.3) is 0 Å². The number of alkyl halides is 3. The van der Waals surface area contributed by atoms with E-state index in [9.17, 15) is 13.2 Å². The van der Waals surface area contributed by atoms with Gasteiger partial charge in [-0.2, -0.15) is 23.7 Å². The first-order valence-electron chi connectivity index (χ1n) is 7.19. The van der Waals surface area contributed by atoms with Crippen molar-refractivity contribution < 1.29 is 13.2 Å². The quantitative estimate of drug-likeness (QED) is 0.854. The monoisotopic (exact) mass is 320 g/mol. The Hall–Kier alpha value is -2.67. The van der Waals surface area contributed by atoms with E-state index < -0.39 is 11.7 Å². The van der Waals surface area contributed by atoms with Gasteiger partial charge in [-0.25, -0.2) is 0 Å². The van der Waals surface area contributed by atoms with Gasteiger partial charge in [0.05, 0.1) is 11.3 Å². The SMILES string of the molecule is N#CC(C#N)=CNc1ccc(N2CCCCC2)cc1C(F)(F)F. The normalized spacial score (nSPS) is 14.6. The van der Waals surface area contributed by atoms with E-state index in [0.29, 0.717) is 5.69 Å². The third-order valence-electron chi connectivity index (χ3n) is 3.64. The van der Waals surface area contributed by atoms with Gasteiger partial charge >= 0.3 is 6.18 Å². The molecule has 1 saturated heterocycles. The number of anilines is 2. The van der Waals surface area contributed by atoms with Crippen molar-refractivity contribution >= 4 is 11.4 Å². The Morgan fingerprint density at radius 3 is 2.35 bits per heavy atom. The van der Waals surface area contributed by atoms with Gasteiger partial charge in [0.2, 0.25) is 0 Å². The summed E-state index contributed by atoms with van der Waals surface area (Å²) in [7, 11) is 0. The summed E-state index contributed by atoms with van der Waals surface area (Å²) in [5, 5.41) is 19.7. The molecule has 0 aliphatic carbocycles. The van der Waals surface area contributed by atoms with Crippen LogP contribution in [0.2, 0.25) is 0 Å². The zero-order valence-electron chi connectivity index (χ0n) is 12.3. The van der Waals surface area contributed by atoms with Crippen LogP contribution < -0.4 is 10.2 Å². The van der Waals surface area contributed by atoms with E-state index in [1.54, 1.807) is 18.2 Å². The number of nitriles is 2. The molecular weight excluding hydrogens is 305 g/mol. The Balaban J connectivity index is 2.34. The maximum absolute atomic E-state index is 13.3. The van der Waals surface area contributed by atoms with Gasteiger partial charge in [-0.3, -0.25) is 0 Å². The third kappa shape index (κ3) is 4.17. The topological polar surface area (TPSA) is 62.9 Å². The van der Waals surface area contributed by atoms with Crippen molar-refractivity contribution in [1.29, 1.82) is 10.5 Å². The summed E-state index contributed by atoms with van der Waals surface area (Å²) in [6.45, 7) is 1.49. The van der Waals surface area contributed by atoms with Crippen molar-refractivity contribution in [3.05, 3.63) is 35.5 Å². The predicted molar refractivity (Wildman–Crippen MR) is 80.4 cm³/mol. The summed E-state index contributed by atoms with van der Waals surface area (Å²) in [5.41, 5.74) is -0.751. The maximum atomic E-state index is 13.3. The minimum absolute atomic E-state index is 0.179. The molecule has 2 rings (SSSR count). The number of nitrogens with one attached hydrogen (secondary N) is 1. The van der Waals surface area contributed by atoms with Gasteiger partial charge in [0.15, 0.2) is 0 Å². The van der Waals surface area contributed by atoms with Crippen molar-refractivity contribution in [2.45, 2.75) is 25.4 Å². The largest absolute Gasteiger partial charge is 0.418 e. The van der Waals surface area contributed by atoms with E-state index in [1.807, 2.05) is 4.90 Å². The number of hydrogen-bond donors (Lipinski definition) is 1. The molecular formula is C16H15F3N4. The van der Waals surface area contributed by atoms with E-state index >= 15 is 0 Å². The van der Waals surface area contributed by atoms with Gasteiger partial charge in [-0.1, -0.05) is 0 Å². The van der Waals surface area contributed by atoms with E-state index in [0.717, 1.165) is 44.6 Å². The van der Waals surface area contributed by atoms with Crippen molar-refractivity contribution in [3.8, 4) is 12.1 Å². The Kier molecular flexibility index (Phi) is 5.13. The minimum atomic E-state index is -4.53. The zero-order chi connectivity index (χ0) is 16.9. The molecule has 0 atom stereocenters. The van der Waals surface area contributed by atoms with Crippen molar-refractivity contribution in [1.82, 2.24) is 0 Å². The first-order chi connectivity index (χ1) is 11.0. The van der Waals surface area contributed by atoms with Crippen molar-refractivity contribution in [2.75, 3.05) is 23.3 Å². The average molecular weight is 320 g/mol. The molecule has 1 aliphatic rings. The number of nitrogens with zero attached hydrogens (tertiary/aromatic N) is 3. The van der Waals surface area contributed by atoms with Gasteiger partial charge in [-0.05, 0) is 37.5 Å². The number of benzene rings is 1. The molecule has 0 unspecified atom stereocenters. The van der Waals surface area contributed by atoms with Crippen LogP contribution in [0.25, 0.3) is 0 Å². The molecule has 7 heteroatoms. The van der Waals surface area contributed by atoms with Crippen LogP contribution in [0, 0.1) is 22.7 Å². The lowest BCUT2D eigenvalue weighted by Crippen LogP contribution is -2.29. The number of halogens is 3. The molecule has 0 saturated carbocycles. The average Bonchev–Trinajstić information content (AvgIpc) is 2.56. The van der Waals surface area contributed by atoms with E-state index in [4.69, 9.17) is 10.5 Å². The lowest BCUT2D eigenvalue weighted by atomic mass is 10.1. The van der Waals surface area contributed by atoms with Crippen molar-refractivity contribution in [2.24, 2.45) is 0 Å². The third-order valence-corrected chi connectivity index (χ3v) is 3.64. The lowest BCUT2D eigenvalue weighted by Gasteiger charge is -2.29. The summed E-state index contributed by atoms with van der Waals surface area (Å²) in [4.78, 5) is 1.94. The lowest BCUT2D eigenvalue weighted by molar-refractivity contribution is -0.136. The second kappa shape index (κ2) is 7.06. The fourth-order valence-corrected chi connectivity index (χ4v) is 2.48. The highest BCUT2D eigenvalue weighted by atomic mass is 19.4. The van der Waals surface area contributed by atoms with Gasteiger partial charge < -0.3 is 10.2 Å². The first-order valence-corrected chi connectivity index (χ1v) is 7.19. The number of hydrogen-bond acceptors (Lipinski definition) is 4. The minimum Gasteiger partial charge on any atom is -0.372 e. The molecule has 1 aliphatic heterocycles. The summed E-state index contributed by atoms with van der Waals surface area (Å²) in [5.74, 6) is 0. The van der Waals surface area contributed by atoms with Crippen LogP contribution in [0.15, 0.2) is 30.0 Å². The molecule has 1 heterocycles. The standard InChI is InChI=1S/C16H15F3N4/c17-16(18,19)14-8-13(23-6-2-1-3-7-23)4-5-15(14)22-11-12(9-20)10-21/h4-5,8,11,22H,1-3,6-7H2. The van der Waals surface area contributed by atoms with Crippen LogP contribution in [0.4, 0.5) is 24.5 Å². The molecule has 0 spiro atoms. The fourth-order valence-electron chi connectivity index (χ4n) is 2.48. The Bertz CT molecular complexity index is 658. The predicted octanol–water partition coefficient (Wildman–Crippen LogP) is 4.04. The second-order valence-corrected chi connectivity index (χ2v) is 5.20. The molecule has 0 aromatic heterocycles. The molecule has 0 radical (unpaired) electrons. The maximum Gasteiger partial charge on any atom is 0.418 e. The van der Waals surface area contributed by atoms with Crippen LogP contribution in [0.1, 0.15) is 24.8 Å². The van der Waals surface area contributed by atoms with Crippen LogP contribution in [0.3, 0.4) is 0 Å². The molecule has 4 nitrogen and oxygen atoms in total. The van der Waals surface area contributed by atoms with Crippen LogP contribution >= 0.6 is 0 Å². The fraction of sp³-hybridized carbons (Fsp3) is 0.375. The summed E-state index contributed by atoms with van der Waals surface area (Å²) in [6.07, 6.45) is -0.514. The Morgan fingerprint density at radius 2 is 1.78 bits per heavy atom. The van der Waals surface area contributed by atoms with Crippen LogP contribution in [0.5, 0.6) is 0 Å². The molecule has 120 valence electrons. The molecule has 1 aromatic carbocycles. The Labute approximate surface area is 132 Å². The molecule has 1 aromatic rings. The molecule has 1 fully saturated rings. The number of rotatable bonds is 3. The summed E-state index contributed by atoms with van der Waals surface area (Å²) >= 11 is 0. The summed E-state index contributed by atoms with van der Waals surface area (Å²) < 4.78 is 39.8. The van der Waals surface area contributed by atoms with E-state index in [2.05, 4.69) is 5.32 Å². The van der Waals surface area contributed by atoms with Crippen LogP contribution in [-0.2, 0) is 6.18 Å².